The molecule has 0 fully saturated rings. The van der Waals surface area contributed by atoms with Gasteiger partial charge in [-0.25, -0.2) is 4.79 Å². The van der Waals surface area contributed by atoms with Crippen molar-refractivity contribution in [2.75, 3.05) is 18.7 Å². The number of aryl methyl sites for hydroxylation is 1. The summed E-state index contributed by atoms with van der Waals surface area (Å²) >= 11 is 1.42. The van der Waals surface area contributed by atoms with E-state index in [9.17, 15) is 14.9 Å². The van der Waals surface area contributed by atoms with Crippen molar-refractivity contribution in [3.05, 3.63) is 45.8 Å². The molecular formula is C20H16N2O5S. The number of nitrogens with one attached hydrogen (secondary N) is 1. The van der Waals surface area contributed by atoms with Gasteiger partial charge in [-0.3, -0.25) is 4.79 Å². The molecule has 0 spiro atoms. The molecule has 0 saturated heterocycles. The van der Waals surface area contributed by atoms with Crippen LogP contribution in [0.2, 0.25) is 0 Å². The number of nitrogens with zero attached hydrogens (tertiary/aromatic N) is 1. The van der Waals surface area contributed by atoms with Gasteiger partial charge >= 0.3 is 5.97 Å². The van der Waals surface area contributed by atoms with Crippen LogP contribution in [-0.4, -0.2) is 25.3 Å². The summed E-state index contributed by atoms with van der Waals surface area (Å²) in [6.07, 6.45) is 5.65. The van der Waals surface area contributed by atoms with Gasteiger partial charge in [0.05, 0.1) is 5.56 Å². The number of esters is 1. The van der Waals surface area contributed by atoms with Crippen LogP contribution in [0.25, 0.3) is 6.08 Å². The third-order valence-corrected chi connectivity index (χ3v) is 5.65. The maximum Gasteiger partial charge on any atom is 0.331 e. The lowest BCUT2D eigenvalue weighted by atomic mass is 10.1. The zero-order chi connectivity index (χ0) is 19.5. The zero-order valence-electron chi connectivity index (χ0n) is 14.8. The van der Waals surface area contributed by atoms with Crippen molar-refractivity contribution in [2.24, 2.45) is 0 Å². The van der Waals surface area contributed by atoms with E-state index in [1.165, 1.54) is 17.4 Å². The Labute approximate surface area is 165 Å². The van der Waals surface area contributed by atoms with Crippen LogP contribution in [0.3, 0.4) is 0 Å². The summed E-state index contributed by atoms with van der Waals surface area (Å²) in [5, 5.41) is 12.5. The fraction of sp³-hybridized carbons (Fsp3) is 0.250. The summed E-state index contributed by atoms with van der Waals surface area (Å²) in [7, 11) is 0. The molecule has 0 bridgehead atoms. The monoisotopic (exact) mass is 396 g/mol. The van der Waals surface area contributed by atoms with E-state index in [2.05, 4.69) is 11.4 Å². The predicted molar refractivity (Wildman–Crippen MR) is 102 cm³/mol. The van der Waals surface area contributed by atoms with Crippen LogP contribution in [0.4, 0.5) is 5.00 Å². The number of ether oxygens (including phenoxy) is 3. The summed E-state index contributed by atoms with van der Waals surface area (Å²) < 4.78 is 15.5. The summed E-state index contributed by atoms with van der Waals surface area (Å²) in [5.41, 5.74) is 2.31. The van der Waals surface area contributed by atoms with Gasteiger partial charge in [-0.2, -0.15) is 5.26 Å². The molecule has 0 atom stereocenters. The minimum atomic E-state index is -0.637. The lowest BCUT2D eigenvalue weighted by Crippen LogP contribution is -2.20. The summed E-state index contributed by atoms with van der Waals surface area (Å²) in [4.78, 5) is 25.1. The normalized spacial score (nSPS) is 14.0. The first kappa shape index (κ1) is 18.1. The third kappa shape index (κ3) is 3.70. The van der Waals surface area contributed by atoms with Gasteiger partial charge in [0.15, 0.2) is 18.1 Å². The van der Waals surface area contributed by atoms with Crippen LogP contribution in [0.15, 0.2) is 24.3 Å². The van der Waals surface area contributed by atoms with Crippen molar-refractivity contribution >= 4 is 34.3 Å². The molecule has 1 aliphatic carbocycles. The summed E-state index contributed by atoms with van der Waals surface area (Å²) in [6, 6.07) is 7.45. The van der Waals surface area contributed by atoms with Crippen LogP contribution < -0.4 is 14.8 Å². The van der Waals surface area contributed by atoms with Gasteiger partial charge in [0.2, 0.25) is 6.79 Å². The molecule has 0 radical (unpaired) electrons. The van der Waals surface area contributed by atoms with Gasteiger partial charge in [0.25, 0.3) is 5.91 Å². The summed E-state index contributed by atoms with van der Waals surface area (Å²) in [5.74, 6) is 0.168. The van der Waals surface area contributed by atoms with Crippen LogP contribution in [0, 0.1) is 11.3 Å². The van der Waals surface area contributed by atoms with Crippen molar-refractivity contribution < 1.29 is 23.8 Å². The van der Waals surface area contributed by atoms with E-state index in [0.717, 1.165) is 35.3 Å². The maximum atomic E-state index is 12.1. The van der Waals surface area contributed by atoms with Gasteiger partial charge < -0.3 is 19.5 Å². The average Bonchev–Trinajstić information content (AvgIpc) is 3.39. The largest absolute Gasteiger partial charge is 0.454 e. The van der Waals surface area contributed by atoms with Gasteiger partial charge in [0.1, 0.15) is 11.1 Å². The Morgan fingerprint density at radius 2 is 2.14 bits per heavy atom. The van der Waals surface area contributed by atoms with E-state index in [4.69, 9.17) is 14.2 Å². The second kappa shape index (κ2) is 7.74. The van der Waals surface area contributed by atoms with Gasteiger partial charge in [-0.05, 0) is 48.6 Å². The number of carbonyl (C=O) groups is 2. The molecule has 142 valence electrons. The smallest absolute Gasteiger partial charge is 0.331 e. The zero-order valence-corrected chi connectivity index (χ0v) is 15.6. The molecule has 0 unspecified atom stereocenters. The third-order valence-electron chi connectivity index (χ3n) is 4.44. The quantitative estimate of drug-likeness (QED) is 0.616. The van der Waals surface area contributed by atoms with E-state index < -0.39 is 18.5 Å². The number of carbonyl (C=O) groups excluding carboxylic acids is 2. The highest BCUT2D eigenvalue weighted by Crippen LogP contribution is 2.38. The van der Waals surface area contributed by atoms with Crippen molar-refractivity contribution in [1.29, 1.82) is 5.26 Å². The van der Waals surface area contributed by atoms with Crippen molar-refractivity contribution in [1.82, 2.24) is 0 Å². The van der Waals surface area contributed by atoms with Crippen molar-refractivity contribution in [3.8, 4) is 17.6 Å². The molecule has 28 heavy (non-hydrogen) atoms. The van der Waals surface area contributed by atoms with E-state index >= 15 is 0 Å². The molecule has 7 nitrogen and oxygen atoms in total. The number of hydrogen-bond acceptors (Lipinski definition) is 7. The molecule has 1 N–H and O–H groups in total. The van der Waals surface area contributed by atoms with E-state index in [-0.39, 0.29) is 6.79 Å². The molecule has 4 rings (SSSR count). The first-order valence-electron chi connectivity index (χ1n) is 8.73. The Morgan fingerprint density at radius 1 is 1.29 bits per heavy atom. The molecule has 0 saturated carbocycles. The van der Waals surface area contributed by atoms with Crippen molar-refractivity contribution in [2.45, 2.75) is 19.3 Å². The number of anilines is 1. The van der Waals surface area contributed by atoms with E-state index in [1.54, 1.807) is 24.3 Å². The lowest BCUT2D eigenvalue weighted by Gasteiger charge is -2.04. The molecular weight excluding hydrogens is 380 g/mol. The maximum absolute atomic E-state index is 12.1. The van der Waals surface area contributed by atoms with Crippen LogP contribution in [-0.2, 0) is 27.2 Å². The Hall–Kier alpha value is -3.31. The Balaban J connectivity index is 1.30. The molecule has 1 aromatic carbocycles. The van der Waals surface area contributed by atoms with Gasteiger partial charge in [-0.1, -0.05) is 6.07 Å². The topological polar surface area (TPSA) is 97.7 Å². The number of thiophene rings is 1. The number of hydrogen-bond donors (Lipinski definition) is 1. The molecule has 2 heterocycles. The Bertz CT molecular complexity index is 1020. The van der Waals surface area contributed by atoms with Gasteiger partial charge in [-0.15, -0.1) is 11.3 Å². The second-order valence-electron chi connectivity index (χ2n) is 6.28. The molecule has 2 aromatic rings. The lowest BCUT2D eigenvalue weighted by molar-refractivity contribution is -0.142. The predicted octanol–water partition coefficient (Wildman–Crippen LogP) is 3.03. The number of amides is 1. The van der Waals surface area contributed by atoms with Crippen LogP contribution >= 0.6 is 11.3 Å². The molecule has 1 aromatic heterocycles. The molecule has 8 heteroatoms. The van der Waals surface area contributed by atoms with Gasteiger partial charge in [0, 0.05) is 11.0 Å². The second-order valence-corrected chi connectivity index (χ2v) is 7.38. The SMILES string of the molecule is N#Cc1c(NC(=O)COC(=O)/C=C/c2ccc3c(c2)OCO3)sc2c1CCC2. The fourth-order valence-corrected chi connectivity index (χ4v) is 4.40. The summed E-state index contributed by atoms with van der Waals surface area (Å²) in [6.45, 7) is -0.238. The number of benzene rings is 1. The van der Waals surface area contributed by atoms with Crippen LogP contribution in [0.5, 0.6) is 11.5 Å². The molecule has 1 aliphatic heterocycles. The highest BCUT2D eigenvalue weighted by molar-refractivity contribution is 7.16. The average molecular weight is 396 g/mol. The minimum Gasteiger partial charge on any atom is -0.454 e. The Morgan fingerprint density at radius 3 is 3.00 bits per heavy atom. The number of rotatable bonds is 5. The molecule has 1 amide bonds. The highest BCUT2D eigenvalue weighted by atomic mass is 32.1. The first-order chi connectivity index (χ1) is 13.6. The van der Waals surface area contributed by atoms with E-state index in [1.807, 2.05) is 0 Å². The minimum absolute atomic E-state index is 0.181. The number of nitriles is 1. The van der Waals surface area contributed by atoms with Crippen LogP contribution in [0.1, 0.15) is 28.0 Å². The molecule has 2 aliphatic rings. The van der Waals surface area contributed by atoms with E-state index in [0.29, 0.717) is 22.1 Å². The number of fused-ring (bicyclic) bond motifs is 2. The van der Waals surface area contributed by atoms with Crippen molar-refractivity contribution in [3.63, 3.8) is 0 Å². The first-order valence-corrected chi connectivity index (χ1v) is 9.54. The Kier molecular flexibility index (Phi) is 5.00. The standard InChI is InChI=1S/C20H16N2O5S/c21-9-14-13-2-1-3-17(13)28-20(14)22-18(23)10-25-19(24)7-5-12-4-6-15-16(8-12)27-11-26-15/h4-8H,1-3,10-11H2,(H,22,23)/b7-5+. The fourth-order valence-electron chi connectivity index (χ4n) is 3.14. The highest BCUT2D eigenvalue weighted by Gasteiger charge is 2.23.